The second-order valence-corrected chi connectivity index (χ2v) is 7.65. The number of rotatable bonds is 4. The van der Waals surface area contributed by atoms with Gasteiger partial charge in [-0.15, -0.1) is 0 Å². The van der Waals surface area contributed by atoms with Crippen LogP contribution in [0.3, 0.4) is 0 Å². The highest BCUT2D eigenvalue weighted by Gasteiger charge is 2.31. The topological polar surface area (TPSA) is 50.8 Å². The fraction of sp³-hybridized carbons (Fsp3) is 0.409. The zero-order chi connectivity index (χ0) is 19.5. The van der Waals surface area contributed by atoms with Gasteiger partial charge in [0.2, 0.25) is 0 Å². The van der Waals surface area contributed by atoms with E-state index in [1.807, 2.05) is 47.4 Å². The van der Waals surface area contributed by atoms with E-state index in [9.17, 15) is 4.79 Å². The molecule has 2 aliphatic rings. The van der Waals surface area contributed by atoms with Gasteiger partial charge in [-0.3, -0.25) is 0 Å². The van der Waals surface area contributed by atoms with Gasteiger partial charge in [0.25, 0.3) is 0 Å². The molecule has 1 N–H and O–H groups in total. The molecule has 0 saturated carbocycles. The number of likely N-dealkylation sites (tertiary alicyclic amines) is 1. The molecule has 1 fully saturated rings. The molecule has 0 aliphatic carbocycles. The Balaban J connectivity index is 1.49. The number of hydrogen-bond acceptors (Lipinski definition) is 3. The molecular weight excluding hydrogens is 376 g/mol. The van der Waals surface area contributed by atoms with E-state index in [1.165, 1.54) is 0 Å². The Hall–Kier alpha value is -2.40. The number of carbonyl (C=O) groups excluding carboxylic acids is 1. The van der Waals surface area contributed by atoms with Crippen molar-refractivity contribution in [2.75, 3.05) is 19.8 Å². The summed E-state index contributed by atoms with van der Waals surface area (Å²) in [5.74, 6) is 1.54. The third-order valence-corrected chi connectivity index (χ3v) is 5.69. The van der Waals surface area contributed by atoms with Gasteiger partial charge in [-0.05, 0) is 54.7 Å². The summed E-state index contributed by atoms with van der Waals surface area (Å²) in [7, 11) is 0. The molecule has 6 heteroatoms. The van der Waals surface area contributed by atoms with Crippen molar-refractivity contribution in [3.05, 3.63) is 58.6 Å². The van der Waals surface area contributed by atoms with Crippen LogP contribution < -0.4 is 14.8 Å². The zero-order valence-corrected chi connectivity index (χ0v) is 16.7. The highest BCUT2D eigenvalue weighted by atomic mass is 35.5. The van der Waals surface area contributed by atoms with Crippen LogP contribution >= 0.6 is 11.6 Å². The molecule has 2 aromatic rings. The Morgan fingerprint density at radius 1 is 1.18 bits per heavy atom. The summed E-state index contributed by atoms with van der Waals surface area (Å²) in [6, 6.07) is 13.7. The molecule has 148 valence electrons. The third-order valence-electron chi connectivity index (χ3n) is 5.44. The van der Waals surface area contributed by atoms with Gasteiger partial charge in [0.05, 0.1) is 12.1 Å². The lowest BCUT2D eigenvalue weighted by Crippen LogP contribution is -2.41. The minimum Gasteiger partial charge on any atom is -0.486 e. The predicted molar refractivity (Wildman–Crippen MR) is 109 cm³/mol. The second kappa shape index (κ2) is 8.31. The first-order chi connectivity index (χ1) is 13.7. The number of nitrogens with one attached hydrogen (secondary N) is 1. The maximum absolute atomic E-state index is 13.1. The lowest BCUT2D eigenvalue weighted by atomic mass is 10.0. The van der Waals surface area contributed by atoms with Crippen molar-refractivity contribution < 1.29 is 14.3 Å². The Kier molecular flexibility index (Phi) is 5.62. The van der Waals surface area contributed by atoms with Gasteiger partial charge in [0.1, 0.15) is 13.2 Å². The summed E-state index contributed by atoms with van der Waals surface area (Å²) >= 11 is 5.99. The molecule has 2 aromatic carbocycles. The van der Waals surface area contributed by atoms with Crippen molar-refractivity contribution in [3.63, 3.8) is 0 Å². The van der Waals surface area contributed by atoms with Crippen LogP contribution in [-0.2, 0) is 0 Å². The Bertz CT molecular complexity index is 840. The number of ether oxygens (including phenoxy) is 2. The molecule has 2 heterocycles. The lowest BCUT2D eigenvalue weighted by Gasteiger charge is -2.29. The number of halogens is 1. The average molecular weight is 401 g/mol. The molecule has 0 aromatic heterocycles. The Morgan fingerprint density at radius 2 is 1.93 bits per heavy atom. The van der Waals surface area contributed by atoms with E-state index in [0.29, 0.717) is 18.2 Å². The van der Waals surface area contributed by atoms with Crippen LogP contribution in [0.5, 0.6) is 11.5 Å². The van der Waals surface area contributed by atoms with Crippen LogP contribution in [-0.4, -0.2) is 30.7 Å². The number of urea groups is 1. The number of amides is 2. The van der Waals surface area contributed by atoms with Gasteiger partial charge in [-0.25, -0.2) is 4.79 Å². The number of benzene rings is 2. The van der Waals surface area contributed by atoms with Crippen LogP contribution in [0, 0.1) is 0 Å². The lowest BCUT2D eigenvalue weighted by molar-refractivity contribution is 0.170. The minimum absolute atomic E-state index is 0.0285. The van der Waals surface area contributed by atoms with E-state index in [-0.39, 0.29) is 18.1 Å². The second-order valence-electron chi connectivity index (χ2n) is 7.22. The van der Waals surface area contributed by atoms with E-state index in [0.717, 1.165) is 48.4 Å². The SMILES string of the molecule is CC[C@H](NC(=O)N1CCC[C@@H]1c1ccc2c(c1)OCCO2)c1ccc(Cl)cc1. The Morgan fingerprint density at radius 3 is 2.68 bits per heavy atom. The van der Waals surface area contributed by atoms with Crippen molar-refractivity contribution in [2.24, 2.45) is 0 Å². The van der Waals surface area contributed by atoms with Crippen molar-refractivity contribution >= 4 is 17.6 Å². The zero-order valence-electron chi connectivity index (χ0n) is 16.0. The van der Waals surface area contributed by atoms with Gasteiger partial charge < -0.3 is 19.7 Å². The highest BCUT2D eigenvalue weighted by molar-refractivity contribution is 6.30. The number of hydrogen-bond donors (Lipinski definition) is 1. The molecule has 0 spiro atoms. The number of nitrogens with zero attached hydrogens (tertiary/aromatic N) is 1. The predicted octanol–water partition coefficient (Wildman–Crippen LogP) is 5.11. The van der Waals surface area contributed by atoms with E-state index in [2.05, 4.69) is 12.2 Å². The molecule has 2 aliphatic heterocycles. The molecule has 1 saturated heterocycles. The summed E-state index contributed by atoms with van der Waals surface area (Å²) in [5, 5.41) is 3.89. The smallest absolute Gasteiger partial charge is 0.318 e. The molecule has 0 unspecified atom stereocenters. The van der Waals surface area contributed by atoms with E-state index in [1.54, 1.807) is 0 Å². The van der Waals surface area contributed by atoms with Gasteiger partial charge in [0, 0.05) is 11.6 Å². The van der Waals surface area contributed by atoms with Crippen LogP contribution in [0.15, 0.2) is 42.5 Å². The van der Waals surface area contributed by atoms with Crippen molar-refractivity contribution in [2.45, 2.75) is 38.3 Å². The number of fused-ring (bicyclic) bond motifs is 1. The van der Waals surface area contributed by atoms with Crippen LogP contribution in [0.4, 0.5) is 4.79 Å². The van der Waals surface area contributed by atoms with Gasteiger partial charge in [0.15, 0.2) is 11.5 Å². The van der Waals surface area contributed by atoms with E-state index >= 15 is 0 Å². The van der Waals surface area contributed by atoms with Crippen molar-refractivity contribution in [1.29, 1.82) is 0 Å². The monoisotopic (exact) mass is 400 g/mol. The largest absolute Gasteiger partial charge is 0.486 e. The van der Waals surface area contributed by atoms with Gasteiger partial charge in [-0.2, -0.15) is 0 Å². The van der Waals surface area contributed by atoms with E-state index < -0.39 is 0 Å². The van der Waals surface area contributed by atoms with Gasteiger partial charge >= 0.3 is 6.03 Å². The Labute approximate surface area is 170 Å². The maximum atomic E-state index is 13.1. The normalized spacial score (nSPS) is 19.4. The molecule has 5 nitrogen and oxygen atoms in total. The van der Waals surface area contributed by atoms with Crippen molar-refractivity contribution in [1.82, 2.24) is 10.2 Å². The maximum Gasteiger partial charge on any atom is 0.318 e. The van der Waals surface area contributed by atoms with Gasteiger partial charge in [-0.1, -0.05) is 36.7 Å². The first-order valence-corrected chi connectivity index (χ1v) is 10.3. The molecule has 2 atom stereocenters. The minimum atomic E-state index is -0.0358. The first-order valence-electron chi connectivity index (χ1n) is 9.88. The molecule has 2 amide bonds. The number of carbonyl (C=O) groups is 1. The summed E-state index contributed by atoms with van der Waals surface area (Å²) in [4.78, 5) is 15.0. The molecule has 4 rings (SSSR count). The summed E-state index contributed by atoms with van der Waals surface area (Å²) < 4.78 is 11.3. The van der Waals surface area contributed by atoms with Crippen molar-refractivity contribution in [3.8, 4) is 11.5 Å². The van der Waals surface area contributed by atoms with Crippen LogP contribution in [0.25, 0.3) is 0 Å². The average Bonchev–Trinajstić information content (AvgIpc) is 3.22. The quantitative estimate of drug-likeness (QED) is 0.775. The fourth-order valence-corrected chi connectivity index (χ4v) is 4.10. The van der Waals surface area contributed by atoms with Crippen LogP contribution in [0.1, 0.15) is 49.4 Å². The molecular formula is C22H25ClN2O3. The standard InChI is InChI=1S/C22H25ClN2O3/c1-2-18(15-5-8-17(23)9-6-15)24-22(26)25-11-3-4-19(25)16-7-10-20-21(14-16)28-13-12-27-20/h5-10,14,18-19H,2-4,11-13H2,1H3,(H,24,26)/t18-,19+/m0/s1. The first kappa shape index (κ1) is 18.9. The fourth-order valence-electron chi connectivity index (χ4n) is 3.97. The third kappa shape index (κ3) is 3.90. The highest BCUT2D eigenvalue weighted by Crippen LogP contribution is 2.38. The molecule has 0 radical (unpaired) electrons. The summed E-state index contributed by atoms with van der Waals surface area (Å²) in [6.45, 7) is 3.96. The molecule has 28 heavy (non-hydrogen) atoms. The van der Waals surface area contributed by atoms with Crippen LogP contribution in [0.2, 0.25) is 5.02 Å². The summed E-state index contributed by atoms with van der Waals surface area (Å²) in [5.41, 5.74) is 2.16. The summed E-state index contributed by atoms with van der Waals surface area (Å²) in [6.07, 6.45) is 2.75. The molecule has 0 bridgehead atoms. The van der Waals surface area contributed by atoms with E-state index in [4.69, 9.17) is 21.1 Å².